The van der Waals surface area contributed by atoms with Crippen LogP contribution in [-0.4, -0.2) is 48.4 Å². The number of rotatable bonds is 2. The van der Waals surface area contributed by atoms with Gasteiger partial charge in [0.2, 0.25) is 11.8 Å². The van der Waals surface area contributed by atoms with Gasteiger partial charge in [-0.15, -0.1) is 0 Å². The Labute approximate surface area is 123 Å². The monoisotopic (exact) mass is 288 g/mol. The molecule has 1 aromatic rings. The maximum Gasteiger partial charge on any atom is 0.248 e. The fourth-order valence-corrected chi connectivity index (χ4v) is 3.46. The van der Waals surface area contributed by atoms with Gasteiger partial charge in [0.25, 0.3) is 0 Å². The molecule has 0 saturated carbocycles. The van der Waals surface area contributed by atoms with Crippen LogP contribution < -0.4 is 10.6 Å². The minimum atomic E-state index is -0.457. The molecule has 1 aromatic heterocycles. The molecule has 2 aliphatic rings. The summed E-state index contributed by atoms with van der Waals surface area (Å²) in [7, 11) is 1.87. The molecule has 2 fully saturated rings. The maximum absolute atomic E-state index is 12.5. The lowest BCUT2D eigenvalue weighted by atomic mass is 9.78. The van der Waals surface area contributed by atoms with Crippen LogP contribution in [0.1, 0.15) is 29.6 Å². The quantitative estimate of drug-likeness (QED) is 0.865. The SMILES string of the molecule is CN1CCCC2(CCN(c3cc(C(N)=O)ccn3)C2)C1=O. The lowest BCUT2D eigenvalue weighted by Gasteiger charge is -2.37. The number of likely N-dealkylation sites (tertiary alicyclic amines) is 1. The molecular weight excluding hydrogens is 268 g/mol. The van der Waals surface area contributed by atoms with Crippen molar-refractivity contribution in [1.29, 1.82) is 0 Å². The van der Waals surface area contributed by atoms with E-state index in [9.17, 15) is 9.59 Å². The van der Waals surface area contributed by atoms with Gasteiger partial charge in [-0.25, -0.2) is 4.98 Å². The van der Waals surface area contributed by atoms with E-state index in [0.29, 0.717) is 12.1 Å². The van der Waals surface area contributed by atoms with Crippen LogP contribution in [0, 0.1) is 5.41 Å². The number of carbonyl (C=O) groups is 2. The summed E-state index contributed by atoms with van der Waals surface area (Å²) in [6.07, 6.45) is 4.42. The van der Waals surface area contributed by atoms with Gasteiger partial charge in [-0.2, -0.15) is 0 Å². The van der Waals surface area contributed by atoms with E-state index in [4.69, 9.17) is 5.73 Å². The average Bonchev–Trinajstić information content (AvgIpc) is 2.90. The molecule has 1 spiro atoms. The van der Waals surface area contributed by atoms with Gasteiger partial charge in [0.15, 0.2) is 0 Å². The van der Waals surface area contributed by atoms with Crippen LogP contribution in [0.3, 0.4) is 0 Å². The number of hydrogen-bond donors (Lipinski definition) is 1. The van der Waals surface area contributed by atoms with Crippen molar-refractivity contribution in [2.75, 3.05) is 31.6 Å². The molecule has 6 nitrogen and oxygen atoms in total. The second kappa shape index (κ2) is 5.02. The molecule has 2 amide bonds. The fraction of sp³-hybridized carbons (Fsp3) is 0.533. The molecule has 112 valence electrons. The summed E-state index contributed by atoms with van der Waals surface area (Å²) >= 11 is 0. The Bertz CT molecular complexity index is 589. The van der Waals surface area contributed by atoms with E-state index in [1.165, 1.54) is 0 Å². The van der Waals surface area contributed by atoms with Crippen LogP contribution in [0.4, 0.5) is 5.82 Å². The highest BCUT2D eigenvalue weighted by atomic mass is 16.2. The Kier molecular flexibility index (Phi) is 3.31. The van der Waals surface area contributed by atoms with Gasteiger partial charge in [0, 0.05) is 38.4 Å². The van der Waals surface area contributed by atoms with Crippen LogP contribution in [0.5, 0.6) is 0 Å². The highest BCUT2D eigenvalue weighted by Crippen LogP contribution is 2.40. The number of amides is 2. The third-order valence-electron chi connectivity index (χ3n) is 4.66. The molecule has 3 heterocycles. The molecule has 2 N–H and O–H groups in total. The van der Waals surface area contributed by atoms with Crippen molar-refractivity contribution in [3.63, 3.8) is 0 Å². The predicted octanol–water partition coefficient (Wildman–Crippen LogP) is 0.629. The summed E-state index contributed by atoms with van der Waals surface area (Å²) in [5.74, 6) is 0.507. The van der Waals surface area contributed by atoms with E-state index < -0.39 is 5.91 Å². The first-order valence-corrected chi connectivity index (χ1v) is 7.28. The van der Waals surface area contributed by atoms with Crippen molar-refractivity contribution in [2.45, 2.75) is 19.3 Å². The van der Waals surface area contributed by atoms with Crippen molar-refractivity contribution >= 4 is 17.6 Å². The third kappa shape index (κ3) is 2.34. The number of aromatic nitrogens is 1. The molecule has 2 saturated heterocycles. The van der Waals surface area contributed by atoms with Crippen molar-refractivity contribution in [2.24, 2.45) is 11.1 Å². The number of carbonyl (C=O) groups excluding carboxylic acids is 2. The topological polar surface area (TPSA) is 79.5 Å². The van der Waals surface area contributed by atoms with E-state index in [1.54, 1.807) is 18.3 Å². The van der Waals surface area contributed by atoms with Crippen molar-refractivity contribution in [1.82, 2.24) is 9.88 Å². The lowest BCUT2D eigenvalue weighted by molar-refractivity contribution is -0.143. The molecule has 2 aliphatic heterocycles. The number of anilines is 1. The number of hydrogen-bond acceptors (Lipinski definition) is 4. The molecular formula is C15H20N4O2. The smallest absolute Gasteiger partial charge is 0.248 e. The van der Waals surface area contributed by atoms with Crippen molar-refractivity contribution < 1.29 is 9.59 Å². The van der Waals surface area contributed by atoms with Crippen molar-refractivity contribution in [3.8, 4) is 0 Å². The fourth-order valence-electron chi connectivity index (χ4n) is 3.46. The second-order valence-electron chi connectivity index (χ2n) is 6.05. The molecule has 1 unspecified atom stereocenters. The van der Waals surface area contributed by atoms with E-state index in [1.807, 2.05) is 11.9 Å². The van der Waals surface area contributed by atoms with Crippen molar-refractivity contribution in [3.05, 3.63) is 23.9 Å². The van der Waals surface area contributed by atoms with Gasteiger partial charge in [-0.1, -0.05) is 0 Å². The highest BCUT2D eigenvalue weighted by molar-refractivity contribution is 5.93. The normalized spacial score (nSPS) is 25.7. The zero-order valence-electron chi connectivity index (χ0n) is 12.2. The number of pyridine rings is 1. The first kappa shape index (κ1) is 13.9. The summed E-state index contributed by atoms with van der Waals surface area (Å²) in [4.78, 5) is 32.0. The van der Waals surface area contributed by atoms with Crippen LogP contribution in [0.25, 0.3) is 0 Å². The molecule has 0 bridgehead atoms. The zero-order valence-corrected chi connectivity index (χ0v) is 12.2. The Morgan fingerprint density at radius 1 is 1.38 bits per heavy atom. The number of primary amides is 1. The minimum absolute atomic E-state index is 0.238. The summed E-state index contributed by atoms with van der Waals surface area (Å²) in [5, 5.41) is 0. The van der Waals surface area contributed by atoms with Gasteiger partial charge < -0.3 is 15.5 Å². The Hall–Kier alpha value is -2.11. The van der Waals surface area contributed by atoms with Gasteiger partial charge in [-0.3, -0.25) is 9.59 Å². The summed E-state index contributed by atoms with van der Waals surface area (Å²) in [6, 6.07) is 3.32. The standard InChI is InChI=1S/C15H20N4O2/c1-18-7-2-4-15(14(18)21)5-8-19(10-15)12-9-11(13(16)20)3-6-17-12/h3,6,9H,2,4-5,7-8,10H2,1H3,(H2,16,20). The third-order valence-corrected chi connectivity index (χ3v) is 4.66. The number of nitrogens with zero attached hydrogens (tertiary/aromatic N) is 3. The highest BCUT2D eigenvalue weighted by Gasteiger charge is 2.47. The number of piperidine rings is 1. The maximum atomic E-state index is 12.5. The first-order valence-electron chi connectivity index (χ1n) is 7.28. The number of nitrogens with two attached hydrogens (primary N) is 1. The first-order chi connectivity index (χ1) is 10.0. The van der Waals surface area contributed by atoms with E-state index in [2.05, 4.69) is 9.88 Å². The summed E-state index contributed by atoms with van der Waals surface area (Å²) < 4.78 is 0. The van der Waals surface area contributed by atoms with E-state index in [-0.39, 0.29) is 11.3 Å². The van der Waals surface area contributed by atoms with E-state index in [0.717, 1.165) is 38.2 Å². The Balaban J connectivity index is 1.82. The molecule has 0 radical (unpaired) electrons. The molecule has 21 heavy (non-hydrogen) atoms. The van der Waals surface area contributed by atoms with E-state index >= 15 is 0 Å². The van der Waals surface area contributed by atoms with Crippen LogP contribution in [0.15, 0.2) is 18.3 Å². The van der Waals surface area contributed by atoms with Gasteiger partial charge in [0.1, 0.15) is 5.82 Å². The van der Waals surface area contributed by atoms with Crippen LogP contribution in [0.2, 0.25) is 0 Å². The van der Waals surface area contributed by atoms with Crippen LogP contribution >= 0.6 is 0 Å². The molecule has 0 aromatic carbocycles. The Morgan fingerprint density at radius 3 is 2.95 bits per heavy atom. The zero-order chi connectivity index (χ0) is 15.0. The molecule has 0 aliphatic carbocycles. The largest absolute Gasteiger partial charge is 0.366 e. The predicted molar refractivity (Wildman–Crippen MR) is 78.9 cm³/mol. The molecule has 1 atom stereocenters. The lowest BCUT2D eigenvalue weighted by Crippen LogP contribution is -2.48. The van der Waals surface area contributed by atoms with Gasteiger partial charge >= 0.3 is 0 Å². The second-order valence-corrected chi connectivity index (χ2v) is 6.05. The summed E-state index contributed by atoms with van der Waals surface area (Å²) in [6.45, 7) is 2.30. The average molecular weight is 288 g/mol. The van der Waals surface area contributed by atoms with Gasteiger partial charge in [0.05, 0.1) is 5.41 Å². The Morgan fingerprint density at radius 2 is 2.19 bits per heavy atom. The van der Waals surface area contributed by atoms with Crippen LogP contribution in [-0.2, 0) is 4.79 Å². The molecule has 3 rings (SSSR count). The minimum Gasteiger partial charge on any atom is -0.366 e. The van der Waals surface area contributed by atoms with Gasteiger partial charge in [-0.05, 0) is 31.4 Å². The molecule has 6 heteroatoms. The summed E-state index contributed by atoms with van der Waals surface area (Å²) in [5.41, 5.74) is 5.48.